The summed E-state index contributed by atoms with van der Waals surface area (Å²) in [5, 5.41) is 8.93. The number of anilines is 1. The minimum absolute atomic E-state index is 0.0110. The number of aromatic nitrogens is 1. The van der Waals surface area contributed by atoms with Gasteiger partial charge in [-0.15, -0.1) is 0 Å². The van der Waals surface area contributed by atoms with Gasteiger partial charge in [-0.2, -0.15) is 0 Å². The third-order valence-electron chi connectivity index (χ3n) is 5.09. The Morgan fingerprint density at radius 3 is 2.62 bits per heavy atom. The lowest BCUT2D eigenvalue weighted by Gasteiger charge is -2.38. The van der Waals surface area contributed by atoms with Crippen LogP contribution >= 0.6 is 0 Å². The van der Waals surface area contributed by atoms with E-state index in [9.17, 15) is 9.59 Å². The summed E-state index contributed by atoms with van der Waals surface area (Å²) < 4.78 is 5.25. The zero-order chi connectivity index (χ0) is 18.3. The molecule has 2 saturated heterocycles. The summed E-state index contributed by atoms with van der Waals surface area (Å²) in [5.41, 5.74) is 2.71. The Morgan fingerprint density at radius 2 is 1.96 bits per heavy atom. The van der Waals surface area contributed by atoms with E-state index < -0.39 is 5.97 Å². The number of carbonyl (C=O) groups is 2. The van der Waals surface area contributed by atoms with E-state index in [1.165, 1.54) is 0 Å². The van der Waals surface area contributed by atoms with Crippen LogP contribution in [0.15, 0.2) is 28.9 Å². The van der Waals surface area contributed by atoms with E-state index in [-0.39, 0.29) is 17.5 Å². The summed E-state index contributed by atoms with van der Waals surface area (Å²) in [4.78, 5) is 31.9. The second kappa shape index (κ2) is 6.48. The highest BCUT2D eigenvalue weighted by atomic mass is 16.4. The van der Waals surface area contributed by atoms with Crippen LogP contribution in [0.5, 0.6) is 0 Å². The van der Waals surface area contributed by atoms with E-state index >= 15 is 0 Å². The van der Waals surface area contributed by atoms with Gasteiger partial charge in [-0.3, -0.25) is 4.79 Å². The number of likely N-dealkylation sites (tertiary alicyclic amines) is 1. The molecule has 0 spiro atoms. The van der Waals surface area contributed by atoms with Crippen LogP contribution in [0.25, 0.3) is 0 Å². The van der Waals surface area contributed by atoms with E-state index in [1.54, 1.807) is 4.90 Å². The highest BCUT2D eigenvalue weighted by Crippen LogP contribution is 2.32. The quantitative estimate of drug-likeness (QED) is 0.907. The maximum absolute atomic E-state index is 13.0. The third-order valence-corrected chi connectivity index (χ3v) is 5.09. The van der Waals surface area contributed by atoms with Crippen molar-refractivity contribution < 1.29 is 19.1 Å². The lowest BCUT2D eigenvalue weighted by molar-refractivity contribution is 0.0575. The number of rotatable bonds is 4. The Morgan fingerprint density at radius 1 is 1.23 bits per heavy atom. The van der Waals surface area contributed by atoms with Crippen molar-refractivity contribution >= 4 is 17.6 Å². The first-order valence-electron chi connectivity index (χ1n) is 8.86. The highest BCUT2D eigenvalue weighted by Gasteiger charge is 2.37. The summed E-state index contributed by atoms with van der Waals surface area (Å²) in [6.07, 6.45) is 3.46. The fourth-order valence-corrected chi connectivity index (χ4v) is 3.60. The molecular weight excluding hydrogens is 334 g/mol. The fraction of sp³-hybridized carbons (Fsp3) is 0.421. The molecule has 136 valence electrons. The van der Waals surface area contributed by atoms with Crippen molar-refractivity contribution in [3.63, 3.8) is 0 Å². The van der Waals surface area contributed by atoms with Crippen molar-refractivity contribution in [1.29, 1.82) is 0 Å². The van der Waals surface area contributed by atoms with Crippen molar-refractivity contribution in [3.8, 4) is 0 Å². The molecule has 0 saturated carbocycles. The van der Waals surface area contributed by atoms with Gasteiger partial charge in [0, 0.05) is 31.9 Å². The molecular formula is C19H21N3O4. The molecule has 2 aliphatic rings. The zero-order valence-electron chi connectivity index (χ0n) is 14.6. The molecule has 0 aliphatic carbocycles. The number of nitrogens with zero attached hydrogens (tertiary/aromatic N) is 3. The minimum atomic E-state index is -1.11. The van der Waals surface area contributed by atoms with Crippen molar-refractivity contribution in [3.05, 3.63) is 47.2 Å². The number of carboxylic acid groups (broad SMARTS) is 1. The molecule has 26 heavy (non-hydrogen) atoms. The Bertz CT molecular complexity index is 848. The second-order valence-electron chi connectivity index (χ2n) is 7.00. The van der Waals surface area contributed by atoms with Gasteiger partial charge in [0.2, 0.25) is 5.89 Å². The number of aromatic carboxylic acids is 1. The molecule has 7 heteroatoms. The lowest BCUT2D eigenvalue weighted by atomic mass is 9.97. The van der Waals surface area contributed by atoms with Crippen LogP contribution < -0.4 is 4.90 Å². The molecule has 1 N–H and O–H groups in total. The molecule has 0 atom stereocenters. The normalized spacial score (nSPS) is 17.4. The summed E-state index contributed by atoms with van der Waals surface area (Å²) in [7, 11) is 0. The van der Waals surface area contributed by atoms with E-state index in [0.29, 0.717) is 19.0 Å². The summed E-state index contributed by atoms with van der Waals surface area (Å²) in [6.45, 7) is 4.95. The number of hydrogen-bond donors (Lipinski definition) is 1. The molecule has 1 amide bonds. The SMILES string of the molecule is Cc1ccc(N2CCCC2)c(C(=O)N2CC(c3nc(C(=O)O)co3)C2)c1. The zero-order valence-corrected chi connectivity index (χ0v) is 14.6. The largest absolute Gasteiger partial charge is 0.476 e. The van der Waals surface area contributed by atoms with Crippen LogP contribution in [0.2, 0.25) is 0 Å². The van der Waals surface area contributed by atoms with Crippen LogP contribution in [0.4, 0.5) is 5.69 Å². The first-order chi connectivity index (χ1) is 12.5. The number of oxazole rings is 1. The van der Waals surface area contributed by atoms with Gasteiger partial charge in [-0.1, -0.05) is 11.6 Å². The average Bonchev–Trinajstić information content (AvgIpc) is 3.25. The Kier molecular flexibility index (Phi) is 4.14. The molecule has 0 bridgehead atoms. The van der Waals surface area contributed by atoms with Gasteiger partial charge in [0.05, 0.1) is 11.5 Å². The molecule has 1 aromatic heterocycles. The molecule has 1 aromatic carbocycles. The molecule has 2 aromatic rings. The van der Waals surface area contributed by atoms with Crippen LogP contribution in [0.1, 0.15) is 51.1 Å². The van der Waals surface area contributed by atoms with Crippen molar-refractivity contribution in [2.75, 3.05) is 31.1 Å². The monoisotopic (exact) mass is 355 g/mol. The number of aryl methyl sites for hydroxylation is 1. The molecule has 2 fully saturated rings. The molecule has 0 unspecified atom stereocenters. The number of carbonyl (C=O) groups excluding carboxylic acids is 1. The Hall–Kier alpha value is -2.83. The predicted molar refractivity (Wildman–Crippen MR) is 94.7 cm³/mol. The van der Waals surface area contributed by atoms with Gasteiger partial charge >= 0.3 is 5.97 Å². The first-order valence-corrected chi connectivity index (χ1v) is 8.86. The Labute approximate surface area is 151 Å². The Balaban J connectivity index is 1.49. The van der Waals surface area contributed by atoms with E-state index in [2.05, 4.69) is 9.88 Å². The van der Waals surface area contributed by atoms with Crippen LogP contribution in [0.3, 0.4) is 0 Å². The van der Waals surface area contributed by atoms with Crippen LogP contribution in [0, 0.1) is 6.92 Å². The summed E-state index contributed by atoms with van der Waals surface area (Å²) >= 11 is 0. The smallest absolute Gasteiger partial charge is 0.357 e. The lowest BCUT2D eigenvalue weighted by Crippen LogP contribution is -2.49. The number of hydrogen-bond acceptors (Lipinski definition) is 5. The van der Waals surface area contributed by atoms with E-state index in [4.69, 9.17) is 9.52 Å². The second-order valence-corrected chi connectivity index (χ2v) is 7.00. The fourth-order valence-electron chi connectivity index (χ4n) is 3.60. The topological polar surface area (TPSA) is 86.9 Å². The molecule has 3 heterocycles. The van der Waals surface area contributed by atoms with Gasteiger partial charge < -0.3 is 19.3 Å². The van der Waals surface area contributed by atoms with Gasteiger partial charge in [0.25, 0.3) is 5.91 Å². The van der Waals surface area contributed by atoms with Gasteiger partial charge in [0.1, 0.15) is 6.26 Å². The van der Waals surface area contributed by atoms with E-state index in [0.717, 1.165) is 49.0 Å². The number of carboxylic acids is 1. The maximum atomic E-state index is 13.0. The molecule has 0 radical (unpaired) electrons. The summed E-state index contributed by atoms with van der Waals surface area (Å²) in [5.74, 6) is -0.762. The predicted octanol–water partition coefficient (Wildman–Crippen LogP) is 2.52. The van der Waals surface area contributed by atoms with Gasteiger partial charge in [-0.05, 0) is 31.9 Å². The van der Waals surface area contributed by atoms with E-state index in [1.807, 2.05) is 25.1 Å². The highest BCUT2D eigenvalue weighted by molar-refractivity contribution is 6.00. The van der Waals surface area contributed by atoms with Crippen LogP contribution in [-0.4, -0.2) is 53.0 Å². The molecule has 7 nitrogen and oxygen atoms in total. The molecule has 4 rings (SSSR count). The van der Waals surface area contributed by atoms with Gasteiger partial charge in [0.15, 0.2) is 5.69 Å². The number of benzene rings is 1. The van der Waals surface area contributed by atoms with Crippen LogP contribution in [-0.2, 0) is 0 Å². The standard InChI is InChI=1S/C19H21N3O4/c1-12-4-5-16(21-6-2-3-7-21)14(8-12)18(23)22-9-13(10-22)17-20-15(11-26-17)19(24)25/h4-5,8,11,13H,2-3,6-7,9-10H2,1H3,(H,24,25). The van der Waals surface area contributed by atoms with Crippen molar-refractivity contribution in [2.24, 2.45) is 0 Å². The number of amides is 1. The maximum Gasteiger partial charge on any atom is 0.357 e. The summed E-state index contributed by atoms with van der Waals surface area (Å²) in [6, 6.07) is 6.04. The van der Waals surface area contributed by atoms with Crippen molar-refractivity contribution in [2.45, 2.75) is 25.7 Å². The molecule has 2 aliphatic heterocycles. The third kappa shape index (κ3) is 2.94. The average molecular weight is 355 g/mol. The van der Waals surface area contributed by atoms with Crippen molar-refractivity contribution in [1.82, 2.24) is 9.88 Å². The van der Waals surface area contributed by atoms with Gasteiger partial charge in [-0.25, -0.2) is 9.78 Å². The minimum Gasteiger partial charge on any atom is -0.476 e. The first kappa shape index (κ1) is 16.6.